The zero-order valence-corrected chi connectivity index (χ0v) is 19.9. The second-order valence-electron chi connectivity index (χ2n) is 8.34. The first kappa shape index (κ1) is 24.8. The fourth-order valence-corrected chi connectivity index (χ4v) is 3.61. The number of nitrogens with zero attached hydrogens (tertiary/aromatic N) is 1. The van der Waals surface area contributed by atoms with Gasteiger partial charge in [0.2, 0.25) is 5.91 Å². The summed E-state index contributed by atoms with van der Waals surface area (Å²) in [4.78, 5) is 28.4. The molecule has 6 heteroatoms. The van der Waals surface area contributed by atoms with E-state index < -0.39 is 6.04 Å². The summed E-state index contributed by atoms with van der Waals surface area (Å²) >= 11 is 0. The number of methoxy groups -OCH3 is 1. The van der Waals surface area contributed by atoms with E-state index in [0.717, 1.165) is 11.1 Å². The predicted octanol–water partition coefficient (Wildman–Crippen LogP) is 4.24. The van der Waals surface area contributed by atoms with Crippen LogP contribution in [-0.4, -0.2) is 42.5 Å². The van der Waals surface area contributed by atoms with E-state index in [-0.39, 0.29) is 24.5 Å². The Labute approximate surface area is 201 Å². The van der Waals surface area contributed by atoms with Crippen LogP contribution in [0.2, 0.25) is 0 Å². The normalized spacial score (nSPS) is 11.5. The number of nitrogens with one attached hydrogen (secondary N) is 1. The molecule has 0 radical (unpaired) electrons. The minimum Gasteiger partial charge on any atom is -0.497 e. The van der Waals surface area contributed by atoms with Crippen LogP contribution in [0.4, 0.5) is 0 Å². The van der Waals surface area contributed by atoms with Crippen LogP contribution in [0.15, 0.2) is 84.9 Å². The highest BCUT2D eigenvalue weighted by atomic mass is 16.5. The zero-order chi connectivity index (χ0) is 24.3. The van der Waals surface area contributed by atoms with Crippen molar-refractivity contribution in [2.24, 2.45) is 0 Å². The van der Waals surface area contributed by atoms with Crippen molar-refractivity contribution in [2.45, 2.75) is 38.9 Å². The van der Waals surface area contributed by atoms with Crippen LogP contribution in [0.25, 0.3) is 0 Å². The number of carbonyl (C=O) groups excluding carboxylic acids is 2. The van der Waals surface area contributed by atoms with Crippen molar-refractivity contribution < 1.29 is 19.1 Å². The summed E-state index contributed by atoms with van der Waals surface area (Å²) < 4.78 is 10.9. The van der Waals surface area contributed by atoms with Crippen LogP contribution in [0.5, 0.6) is 11.5 Å². The highest BCUT2D eigenvalue weighted by Crippen LogP contribution is 2.19. The fourth-order valence-electron chi connectivity index (χ4n) is 3.61. The van der Waals surface area contributed by atoms with Gasteiger partial charge in [-0.15, -0.1) is 0 Å². The van der Waals surface area contributed by atoms with Crippen LogP contribution in [0.1, 0.15) is 25.0 Å². The second kappa shape index (κ2) is 12.4. The molecular weight excluding hydrogens is 428 g/mol. The van der Waals surface area contributed by atoms with Crippen LogP contribution in [0, 0.1) is 0 Å². The molecule has 3 aromatic rings. The van der Waals surface area contributed by atoms with Gasteiger partial charge in [-0.3, -0.25) is 9.59 Å². The van der Waals surface area contributed by atoms with Gasteiger partial charge in [0, 0.05) is 19.0 Å². The van der Waals surface area contributed by atoms with Gasteiger partial charge < -0.3 is 19.7 Å². The smallest absolute Gasteiger partial charge is 0.261 e. The number of ether oxygens (including phenoxy) is 2. The Hall–Kier alpha value is -3.80. The molecule has 0 heterocycles. The topological polar surface area (TPSA) is 67.9 Å². The standard InChI is InChI=1S/C28H32N2O4/c1-21(2)29-28(32)26(18-22-10-6-4-7-11-22)30(19-23-12-8-5-9-13-23)27(31)20-34-25-16-14-24(33-3)15-17-25/h4-17,21,26H,18-20H2,1-3H3,(H,29,32)/t26-/m1/s1. The molecule has 2 amide bonds. The molecule has 0 unspecified atom stereocenters. The molecule has 1 N–H and O–H groups in total. The highest BCUT2D eigenvalue weighted by molar-refractivity contribution is 5.88. The van der Waals surface area contributed by atoms with E-state index in [1.165, 1.54) is 0 Å². The number of rotatable bonds is 11. The quantitative estimate of drug-likeness (QED) is 0.465. The van der Waals surface area contributed by atoms with Crippen molar-refractivity contribution >= 4 is 11.8 Å². The first-order chi connectivity index (χ1) is 16.5. The predicted molar refractivity (Wildman–Crippen MR) is 133 cm³/mol. The molecule has 0 bridgehead atoms. The molecule has 6 nitrogen and oxygen atoms in total. The van der Waals surface area contributed by atoms with Gasteiger partial charge in [0.1, 0.15) is 17.5 Å². The molecule has 178 valence electrons. The van der Waals surface area contributed by atoms with E-state index in [9.17, 15) is 9.59 Å². The lowest BCUT2D eigenvalue weighted by molar-refractivity contribution is -0.143. The Kier molecular flexibility index (Phi) is 9.09. The van der Waals surface area contributed by atoms with Crippen LogP contribution in [0.3, 0.4) is 0 Å². The van der Waals surface area contributed by atoms with Gasteiger partial charge in [0.25, 0.3) is 5.91 Å². The van der Waals surface area contributed by atoms with E-state index >= 15 is 0 Å². The molecule has 0 aliphatic carbocycles. The molecule has 0 aliphatic heterocycles. The number of benzene rings is 3. The third kappa shape index (κ3) is 7.37. The average molecular weight is 461 g/mol. The molecule has 0 aliphatic rings. The van der Waals surface area contributed by atoms with Gasteiger partial charge in [0.15, 0.2) is 6.61 Å². The average Bonchev–Trinajstić information content (AvgIpc) is 2.85. The summed E-state index contributed by atoms with van der Waals surface area (Å²) in [6.07, 6.45) is 0.403. The molecule has 0 spiro atoms. The Morgan fingerprint density at radius 2 is 1.38 bits per heavy atom. The third-order valence-corrected chi connectivity index (χ3v) is 5.32. The van der Waals surface area contributed by atoms with E-state index in [1.807, 2.05) is 74.5 Å². The van der Waals surface area contributed by atoms with Crippen molar-refractivity contribution in [3.63, 3.8) is 0 Å². The monoisotopic (exact) mass is 460 g/mol. The van der Waals surface area contributed by atoms with Gasteiger partial charge in [-0.2, -0.15) is 0 Å². The van der Waals surface area contributed by atoms with E-state index in [0.29, 0.717) is 24.5 Å². The summed E-state index contributed by atoms with van der Waals surface area (Å²) in [5.41, 5.74) is 1.92. The molecule has 34 heavy (non-hydrogen) atoms. The van der Waals surface area contributed by atoms with Crippen molar-refractivity contribution in [3.8, 4) is 11.5 Å². The van der Waals surface area contributed by atoms with Crippen molar-refractivity contribution in [2.75, 3.05) is 13.7 Å². The van der Waals surface area contributed by atoms with E-state index in [1.54, 1.807) is 36.3 Å². The third-order valence-electron chi connectivity index (χ3n) is 5.32. The SMILES string of the molecule is COc1ccc(OCC(=O)N(Cc2ccccc2)[C@H](Cc2ccccc2)C(=O)NC(C)C)cc1. The van der Waals surface area contributed by atoms with Gasteiger partial charge in [0.05, 0.1) is 7.11 Å². The number of amides is 2. The molecule has 0 fully saturated rings. The van der Waals surface area contributed by atoms with Crippen LogP contribution < -0.4 is 14.8 Å². The van der Waals surface area contributed by atoms with Crippen molar-refractivity contribution in [1.29, 1.82) is 0 Å². The lowest BCUT2D eigenvalue weighted by Crippen LogP contribution is -2.52. The van der Waals surface area contributed by atoms with E-state index in [4.69, 9.17) is 9.47 Å². The number of hydrogen-bond acceptors (Lipinski definition) is 4. The number of hydrogen-bond donors (Lipinski definition) is 1. The first-order valence-electron chi connectivity index (χ1n) is 11.4. The lowest BCUT2D eigenvalue weighted by Gasteiger charge is -2.32. The van der Waals surface area contributed by atoms with Crippen LogP contribution >= 0.6 is 0 Å². The Morgan fingerprint density at radius 3 is 1.94 bits per heavy atom. The molecule has 3 rings (SSSR count). The fraction of sp³-hybridized carbons (Fsp3) is 0.286. The second-order valence-corrected chi connectivity index (χ2v) is 8.34. The minimum absolute atomic E-state index is 0.0463. The maximum Gasteiger partial charge on any atom is 0.261 e. The molecule has 0 aromatic heterocycles. The van der Waals surface area contributed by atoms with Gasteiger partial charge >= 0.3 is 0 Å². The van der Waals surface area contributed by atoms with Gasteiger partial charge in [-0.1, -0.05) is 60.7 Å². The largest absolute Gasteiger partial charge is 0.497 e. The van der Waals surface area contributed by atoms with Gasteiger partial charge in [-0.05, 0) is 49.2 Å². The summed E-state index contributed by atoms with van der Waals surface area (Å²) in [6, 6.07) is 25.7. The molecule has 3 aromatic carbocycles. The Morgan fingerprint density at radius 1 is 0.824 bits per heavy atom. The summed E-state index contributed by atoms with van der Waals surface area (Å²) in [6.45, 7) is 3.94. The maximum atomic E-state index is 13.5. The summed E-state index contributed by atoms with van der Waals surface area (Å²) in [5, 5.41) is 2.98. The lowest BCUT2D eigenvalue weighted by atomic mass is 10.0. The Bertz CT molecular complexity index is 1040. The highest BCUT2D eigenvalue weighted by Gasteiger charge is 2.31. The zero-order valence-electron chi connectivity index (χ0n) is 19.9. The maximum absolute atomic E-state index is 13.5. The van der Waals surface area contributed by atoms with E-state index in [2.05, 4.69) is 5.32 Å². The molecule has 1 atom stereocenters. The molecular formula is C28H32N2O4. The molecule has 0 saturated heterocycles. The number of carbonyl (C=O) groups is 2. The Balaban J connectivity index is 1.86. The van der Waals surface area contributed by atoms with Crippen molar-refractivity contribution in [1.82, 2.24) is 10.2 Å². The van der Waals surface area contributed by atoms with Crippen LogP contribution in [-0.2, 0) is 22.6 Å². The summed E-state index contributed by atoms with van der Waals surface area (Å²) in [5.74, 6) is 0.810. The molecule has 0 saturated carbocycles. The first-order valence-corrected chi connectivity index (χ1v) is 11.4. The minimum atomic E-state index is -0.683. The van der Waals surface area contributed by atoms with Crippen molar-refractivity contribution in [3.05, 3.63) is 96.1 Å². The van der Waals surface area contributed by atoms with Gasteiger partial charge in [-0.25, -0.2) is 0 Å². The summed E-state index contributed by atoms with van der Waals surface area (Å²) in [7, 11) is 1.59.